The molecule has 2 heteroatoms. The van der Waals surface area contributed by atoms with E-state index in [9.17, 15) is 0 Å². The Kier molecular flexibility index (Phi) is 3.81. The fourth-order valence-corrected chi connectivity index (χ4v) is 3.31. The summed E-state index contributed by atoms with van der Waals surface area (Å²) < 4.78 is 0. The minimum Gasteiger partial charge on any atom is -0.307 e. The first-order chi connectivity index (χ1) is 7.29. The van der Waals surface area contributed by atoms with Crippen molar-refractivity contribution in [2.75, 3.05) is 0 Å². The van der Waals surface area contributed by atoms with Crippen LogP contribution in [0.4, 0.5) is 0 Å². The molecule has 2 unspecified atom stereocenters. The number of rotatable bonds is 4. The Morgan fingerprint density at radius 3 is 3.00 bits per heavy atom. The second-order valence-corrected chi connectivity index (χ2v) is 5.67. The van der Waals surface area contributed by atoms with E-state index in [0.717, 1.165) is 12.0 Å². The summed E-state index contributed by atoms with van der Waals surface area (Å²) in [5, 5.41) is 5.92. The van der Waals surface area contributed by atoms with Crippen LogP contribution in [0.15, 0.2) is 17.5 Å². The minimum absolute atomic E-state index is 0.533. The molecule has 0 bridgehead atoms. The fourth-order valence-electron chi connectivity index (χ4n) is 2.57. The average molecular weight is 223 g/mol. The highest BCUT2D eigenvalue weighted by atomic mass is 32.1. The van der Waals surface area contributed by atoms with Crippen molar-refractivity contribution in [1.29, 1.82) is 0 Å². The molecule has 0 aliphatic heterocycles. The van der Waals surface area contributed by atoms with Gasteiger partial charge in [-0.15, -0.1) is 11.3 Å². The molecule has 15 heavy (non-hydrogen) atoms. The molecule has 0 radical (unpaired) electrons. The van der Waals surface area contributed by atoms with Crippen molar-refractivity contribution in [2.45, 2.75) is 51.6 Å². The fraction of sp³-hybridized carbons (Fsp3) is 0.692. The Bertz CT molecular complexity index is 281. The van der Waals surface area contributed by atoms with Gasteiger partial charge in [-0.2, -0.15) is 0 Å². The summed E-state index contributed by atoms with van der Waals surface area (Å²) in [4.78, 5) is 1.47. The van der Waals surface area contributed by atoms with Gasteiger partial charge in [0.05, 0.1) is 0 Å². The first-order valence-electron chi connectivity index (χ1n) is 6.09. The summed E-state index contributed by atoms with van der Waals surface area (Å²) in [5.41, 5.74) is 0. The predicted molar refractivity (Wildman–Crippen MR) is 67.3 cm³/mol. The van der Waals surface area contributed by atoms with Crippen molar-refractivity contribution in [3.8, 4) is 0 Å². The van der Waals surface area contributed by atoms with E-state index in [-0.39, 0.29) is 0 Å². The summed E-state index contributed by atoms with van der Waals surface area (Å²) in [6.07, 6.45) is 5.53. The van der Waals surface area contributed by atoms with Gasteiger partial charge < -0.3 is 5.32 Å². The first kappa shape index (κ1) is 11.2. The maximum Gasteiger partial charge on any atom is 0.0388 e. The van der Waals surface area contributed by atoms with Gasteiger partial charge in [0.15, 0.2) is 0 Å². The minimum atomic E-state index is 0.533. The molecule has 0 aromatic carbocycles. The van der Waals surface area contributed by atoms with Crippen LogP contribution in [0.3, 0.4) is 0 Å². The average Bonchev–Trinajstić information content (AvgIpc) is 2.87. The Morgan fingerprint density at radius 2 is 2.40 bits per heavy atom. The molecule has 1 aromatic heterocycles. The Morgan fingerprint density at radius 1 is 1.53 bits per heavy atom. The van der Waals surface area contributed by atoms with E-state index >= 15 is 0 Å². The maximum atomic E-state index is 3.76. The molecule has 1 nitrogen and oxygen atoms in total. The smallest absolute Gasteiger partial charge is 0.0388 e. The summed E-state index contributed by atoms with van der Waals surface area (Å²) >= 11 is 1.86. The molecule has 0 amide bonds. The Hall–Kier alpha value is -0.340. The van der Waals surface area contributed by atoms with Crippen molar-refractivity contribution >= 4 is 11.3 Å². The SMILES string of the molecule is CCC1CCC(N[C@H](C)c2cccs2)C1. The van der Waals surface area contributed by atoms with Crippen LogP contribution in [-0.2, 0) is 0 Å². The Labute approximate surface area is 96.9 Å². The molecule has 3 atom stereocenters. The van der Waals surface area contributed by atoms with Gasteiger partial charge >= 0.3 is 0 Å². The van der Waals surface area contributed by atoms with Crippen LogP contribution in [0.5, 0.6) is 0 Å². The quantitative estimate of drug-likeness (QED) is 0.814. The highest BCUT2D eigenvalue weighted by Crippen LogP contribution is 2.30. The number of nitrogens with one attached hydrogen (secondary N) is 1. The van der Waals surface area contributed by atoms with Crippen molar-refractivity contribution in [2.24, 2.45) is 5.92 Å². The molecule has 2 rings (SSSR count). The summed E-state index contributed by atoms with van der Waals surface area (Å²) in [7, 11) is 0. The maximum absolute atomic E-state index is 3.76. The third-order valence-corrected chi connectivity index (χ3v) is 4.63. The van der Waals surface area contributed by atoms with E-state index in [0.29, 0.717) is 6.04 Å². The number of thiophene rings is 1. The van der Waals surface area contributed by atoms with Crippen molar-refractivity contribution in [3.05, 3.63) is 22.4 Å². The standard InChI is InChI=1S/C13H21NS/c1-3-11-6-7-12(9-11)14-10(2)13-5-4-8-15-13/h4-5,8,10-12,14H,3,6-7,9H2,1-2H3/t10-,11?,12?/m1/s1. The molecule has 84 valence electrons. The third-order valence-electron chi connectivity index (χ3n) is 3.57. The lowest BCUT2D eigenvalue weighted by atomic mass is 10.1. The van der Waals surface area contributed by atoms with Gasteiger partial charge in [0.25, 0.3) is 0 Å². The molecule has 1 saturated carbocycles. The van der Waals surface area contributed by atoms with E-state index in [1.54, 1.807) is 0 Å². The van der Waals surface area contributed by atoms with Crippen LogP contribution in [0, 0.1) is 5.92 Å². The van der Waals surface area contributed by atoms with Crippen molar-refractivity contribution in [1.82, 2.24) is 5.32 Å². The Balaban J connectivity index is 1.83. The summed E-state index contributed by atoms with van der Waals surface area (Å²) in [6, 6.07) is 5.66. The van der Waals surface area contributed by atoms with Gasteiger partial charge in [-0.1, -0.05) is 19.4 Å². The second kappa shape index (κ2) is 5.13. The van der Waals surface area contributed by atoms with E-state index in [1.165, 1.54) is 30.6 Å². The lowest BCUT2D eigenvalue weighted by molar-refractivity contribution is 0.441. The molecular formula is C13H21NS. The summed E-state index contributed by atoms with van der Waals surface area (Å²) in [5.74, 6) is 0.970. The van der Waals surface area contributed by atoms with Gasteiger partial charge in [0, 0.05) is 17.0 Å². The first-order valence-corrected chi connectivity index (χ1v) is 6.97. The lowest BCUT2D eigenvalue weighted by Gasteiger charge is -2.18. The summed E-state index contributed by atoms with van der Waals surface area (Å²) in [6.45, 7) is 4.60. The number of hydrogen-bond acceptors (Lipinski definition) is 2. The molecule has 1 aliphatic carbocycles. The zero-order valence-electron chi connectivity index (χ0n) is 9.70. The largest absolute Gasteiger partial charge is 0.307 e. The zero-order chi connectivity index (χ0) is 10.7. The van der Waals surface area contributed by atoms with Crippen LogP contribution < -0.4 is 5.32 Å². The predicted octanol–water partition coefficient (Wildman–Crippen LogP) is 3.98. The van der Waals surface area contributed by atoms with Crippen LogP contribution in [0.1, 0.15) is 50.4 Å². The topological polar surface area (TPSA) is 12.0 Å². The van der Waals surface area contributed by atoms with Gasteiger partial charge in [0.2, 0.25) is 0 Å². The third kappa shape index (κ3) is 2.82. The molecule has 0 spiro atoms. The highest BCUT2D eigenvalue weighted by Gasteiger charge is 2.24. The lowest BCUT2D eigenvalue weighted by Crippen LogP contribution is -2.28. The molecule has 1 heterocycles. The van der Waals surface area contributed by atoms with E-state index in [1.807, 2.05) is 11.3 Å². The van der Waals surface area contributed by atoms with Crippen LogP contribution in [0.25, 0.3) is 0 Å². The van der Waals surface area contributed by atoms with Crippen molar-refractivity contribution in [3.63, 3.8) is 0 Å². The van der Waals surface area contributed by atoms with E-state index in [2.05, 4.69) is 36.7 Å². The zero-order valence-corrected chi connectivity index (χ0v) is 10.5. The van der Waals surface area contributed by atoms with E-state index < -0.39 is 0 Å². The highest BCUT2D eigenvalue weighted by molar-refractivity contribution is 7.10. The van der Waals surface area contributed by atoms with Gasteiger partial charge in [-0.3, -0.25) is 0 Å². The number of hydrogen-bond donors (Lipinski definition) is 1. The monoisotopic (exact) mass is 223 g/mol. The molecular weight excluding hydrogens is 202 g/mol. The molecule has 0 saturated heterocycles. The van der Waals surface area contributed by atoms with Gasteiger partial charge in [-0.05, 0) is 43.6 Å². The molecule has 1 fully saturated rings. The van der Waals surface area contributed by atoms with E-state index in [4.69, 9.17) is 0 Å². The van der Waals surface area contributed by atoms with Crippen LogP contribution in [0.2, 0.25) is 0 Å². The van der Waals surface area contributed by atoms with Gasteiger partial charge in [-0.25, -0.2) is 0 Å². The second-order valence-electron chi connectivity index (χ2n) is 4.69. The van der Waals surface area contributed by atoms with Crippen LogP contribution in [-0.4, -0.2) is 6.04 Å². The van der Waals surface area contributed by atoms with Gasteiger partial charge in [0.1, 0.15) is 0 Å². The van der Waals surface area contributed by atoms with Crippen molar-refractivity contribution < 1.29 is 0 Å². The molecule has 1 aliphatic rings. The molecule has 1 aromatic rings. The normalized spacial score (nSPS) is 28.1. The molecule has 1 N–H and O–H groups in total. The van der Waals surface area contributed by atoms with Crippen LogP contribution >= 0.6 is 11.3 Å².